The molecule has 1 N–H and O–H groups in total. The SMILES string of the molecule is O=C([O-])CCCNC(=O)[C@H](Cc1ccccc1)n1nnc2ccccc2c1=O. The van der Waals surface area contributed by atoms with Gasteiger partial charge in [-0.05, 0) is 30.5 Å². The van der Waals surface area contributed by atoms with Gasteiger partial charge in [-0.2, -0.15) is 4.68 Å². The highest BCUT2D eigenvalue weighted by atomic mass is 16.4. The molecule has 0 saturated heterocycles. The molecule has 28 heavy (non-hydrogen) atoms. The summed E-state index contributed by atoms with van der Waals surface area (Å²) in [5.41, 5.74) is 0.909. The molecule has 0 spiro atoms. The average Bonchev–Trinajstić information content (AvgIpc) is 2.71. The van der Waals surface area contributed by atoms with Crippen molar-refractivity contribution in [2.24, 2.45) is 0 Å². The van der Waals surface area contributed by atoms with E-state index in [2.05, 4.69) is 15.6 Å². The minimum absolute atomic E-state index is 0.153. The van der Waals surface area contributed by atoms with E-state index in [1.807, 2.05) is 30.3 Å². The first-order valence-electron chi connectivity index (χ1n) is 8.92. The molecule has 1 amide bonds. The number of nitrogens with zero attached hydrogens (tertiary/aromatic N) is 3. The molecule has 0 aliphatic carbocycles. The molecule has 1 atom stereocenters. The molecule has 1 aromatic heterocycles. The molecule has 3 aromatic rings. The van der Waals surface area contributed by atoms with Crippen LogP contribution in [0, 0.1) is 0 Å². The summed E-state index contributed by atoms with van der Waals surface area (Å²) in [5, 5.41) is 21.6. The van der Waals surface area contributed by atoms with Crippen LogP contribution in [0.15, 0.2) is 59.4 Å². The van der Waals surface area contributed by atoms with Crippen LogP contribution in [0.25, 0.3) is 10.9 Å². The van der Waals surface area contributed by atoms with Crippen LogP contribution in [-0.4, -0.2) is 33.4 Å². The monoisotopic (exact) mass is 379 g/mol. The molecular formula is C20H19N4O4-. The van der Waals surface area contributed by atoms with Crippen LogP contribution < -0.4 is 16.0 Å². The summed E-state index contributed by atoms with van der Waals surface area (Å²) in [6.45, 7) is 0.161. The second-order valence-corrected chi connectivity index (χ2v) is 6.33. The molecule has 3 rings (SSSR count). The number of hydrogen-bond donors (Lipinski definition) is 1. The number of amides is 1. The van der Waals surface area contributed by atoms with E-state index in [1.165, 1.54) is 0 Å². The number of hydrogen-bond acceptors (Lipinski definition) is 6. The van der Waals surface area contributed by atoms with Gasteiger partial charge in [0.2, 0.25) is 5.91 Å². The first kappa shape index (κ1) is 19.2. The number of rotatable bonds is 8. The van der Waals surface area contributed by atoms with Crippen molar-refractivity contribution in [2.75, 3.05) is 6.54 Å². The van der Waals surface area contributed by atoms with Gasteiger partial charge in [-0.3, -0.25) is 9.59 Å². The van der Waals surface area contributed by atoms with Gasteiger partial charge in [-0.1, -0.05) is 47.7 Å². The fourth-order valence-electron chi connectivity index (χ4n) is 2.90. The minimum atomic E-state index is -1.17. The second-order valence-electron chi connectivity index (χ2n) is 6.33. The van der Waals surface area contributed by atoms with E-state index in [1.54, 1.807) is 24.3 Å². The molecule has 0 radical (unpaired) electrons. The van der Waals surface area contributed by atoms with Crippen molar-refractivity contribution in [3.8, 4) is 0 Å². The van der Waals surface area contributed by atoms with Gasteiger partial charge in [-0.15, -0.1) is 5.10 Å². The normalized spacial score (nSPS) is 11.9. The van der Waals surface area contributed by atoms with Gasteiger partial charge in [0.05, 0.1) is 5.39 Å². The van der Waals surface area contributed by atoms with Crippen LogP contribution in [0.1, 0.15) is 24.4 Å². The lowest BCUT2D eigenvalue weighted by atomic mass is 10.1. The molecule has 0 unspecified atom stereocenters. The molecule has 2 aromatic carbocycles. The number of aliphatic carboxylic acids is 1. The quantitative estimate of drug-likeness (QED) is 0.560. The standard InChI is InChI=1S/C20H20N4O4/c25-18(26)11-6-12-21-19(27)17(13-14-7-2-1-3-8-14)24-20(28)15-9-4-5-10-16(15)22-23-24/h1-5,7-10,17H,6,11-13H2,(H,21,27)(H,25,26)/p-1/t17-/m0/s1. The maximum atomic E-state index is 12.9. The van der Waals surface area contributed by atoms with Crippen LogP contribution in [0.5, 0.6) is 0 Å². The Kier molecular flexibility index (Phi) is 6.11. The van der Waals surface area contributed by atoms with Crippen molar-refractivity contribution in [3.63, 3.8) is 0 Å². The first-order valence-corrected chi connectivity index (χ1v) is 8.92. The lowest BCUT2D eigenvalue weighted by Gasteiger charge is -2.18. The Morgan fingerprint density at radius 2 is 1.79 bits per heavy atom. The third-order valence-electron chi connectivity index (χ3n) is 4.32. The smallest absolute Gasteiger partial charge is 0.278 e. The Balaban J connectivity index is 1.90. The van der Waals surface area contributed by atoms with Crippen LogP contribution in [-0.2, 0) is 16.0 Å². The fraction of sp³-hybridized carbons (Fsp3) is 0.250. The van der Waals surface area contributed by atoms with Crippen molar-refractivity contribution >= 4 is 22.8 Å². The van der Waals surface area contributed by atoms with Gasteiger partial charge >= 0.3 is 0 Å². The predicted molar refractivity (Wildman–Crippen MR) is 100 cm³/mol. The van der Waals surface area contributed by atoms with E-state index in [0.29, 0.717) is 10.9 Å². The topological polar surface area (TPSA) is 117 Å². The van der Waals surface area contributed by atoms with E-state index >= 15 is 0 Å². The van der Waals surface area contributed by atoms with E-state index in [-0.39, 0.29) is 25.8 Å². The van der Waals surface area contributed by atoms with Gasteiger partial charge in [0, 0.05) is 18.9 Å². The summed E-state index contributed by atoms with van der Waals surface area (Å²) < 4.78 is 1.09. The molecule has 0 fully saturated rings. The maximum absolute atomic E-state index is 12.9. The number of carbonyl (C=O) groups excluding carboxylic acids is 2. The Bertz CT molecular complexity index is 1030. The van der Waals surface area contributed by atoms with Crippen LogP contribution in [0.2, 0.25) is 0 Å². The molecule has 8 heteroatoms. The fourth-order valence-corrected chi connectivity index (χ4v) is 2.90. The van der Waals surface area contributed by atoms with Gasteiger partial charge in [0.15, 0.2) is 0 Å². The van der Waals surface area contributed by atoms with E-state index in [0.717, 1.165) is 10.2 Å². The average molecular weight is 379 g/mol. The summed E-state index contributed by atoms with van der Waals surface area (Å²) in [5.74, 6) is -1.60. The van der Waals surface area contributed by atoms with Crippen molar-refractivity contribution in [1.29, 1.82) is 0 Å². The van der Waals surface area contributed by atoms with Crippen molar-refractivity contribution in [2.45, 2.75) is 25.3 Å². The van der Waals surface area contributed by atoms with Crippen molar-refractivity contribution in [3.05, 3.63) is 70.5 Å². The van der Waals surface area contributed by atoms with E-state index in [4.69, 9.17) is 0 Å². The van der Waals surface area contributed by atoms with Gasteiger partial charge < -0.3 is 15.2 Å². The maximum Gasteiger partial charge on any atom is 0.278 e. The molecule has 1 heterocycles. The number of carboxylic acid groups (broad SMARTS) is 1. The number of carbonyl (C=O) groups is 2. The third-order valence-corrected chi connectivity index (χ3v) is 4.32. The summed E-state index contributed by atoms with van der Waals surface area (Å²) in [6, 6.07) is 15.2. The number of nitrogens with one attached hydrogen (secondary N) is 1. The Morgan fingerprint density at radius 1 is 1.07 bits per heavy atom. The molecule has 144 valence electrons. The Labute approximate surface area is 160 Å². The highest BCUT2D eigenvalue weighted by Crippen LogP contribution is 2.14. The summed E-state index contributed by atoms with van der Waals surface area (Å²) in [4.78, 5) is 36.2. The predicted octanol–water partition coefficient (Wildman–Crippen LogP) is 0.222. The summed E-state index contributed by atoms with van der Waals surface area (Å²) in [6.07, 6.45) is 0.337. The van der Waals surface area contributed by atoms with E-state index < -0.39 is 23.5 Å². The molecule has 0 bridgehead atoms. The molecule has 8 nitrogen and oxygen atoms in total. The van der Waals surface area contributed by atoms with Gasteiger partial charge in [-0.25, -0.2) is 0 Å². The van der Waals surface area contributed by atoms with Gasteiger partial charge in [0.25, 0.3) is 5.56 Å². The van der Waals surface area contributed by atoms with Gasteiger partial charge in [0.1, 0.15) is 11.6 Å². The van der Waals surface area contributed by atoms with Crippen LogP contribution in [0.3, 0.4) is 0 Å². The summed E-state index contributed by atoms with van der Waals surface area (Å²) in [7, 11) is 0. The highest BCUT2D eigenvalue weighted by Gasteiger charge is 2.24. The van der Waals surface area contributed by atoms with Crippen molar-refractivity contribution in [1.82, 2.24) is 20.3 Å². The van der Waals surface area contributed by atoms with E-state index in [9.17, 15) is 19.5 Å². The number of aromatic nitrogens is 3. The van der Waals surface area contributed by atoms with Crippen molar-refractivity contribution < 1.29 is 14.7 Å². The Hall–Kier alpha value is -3.55. The molecular weight excluding hydrogens is 360 g/mol. The molecule has 0 aliphatic heterocycles. The zero-order valence-corrected chi connectivity index (χ0v) is 15.1. The largest absolute Gasteiger partial charge is 0.550 e. The zero-order chi connectivity index (χ0) is 19.9. The lowest BCUT2D eigenvalue weighted by Crippen LogP contribution is -2.40. The Morgan fingerprint density at radius 3 is 2.54 bits per heavy atom. The molecule has 0 saturated carbocycles. The zero-order valence-electron chi connectivity index (χ0n) is 15.1. The number of carboxylic acids is 1. The third kappa shape index (κ3) is 4.59. The number of fused-ring (bicyclic) bond motifs is 1. The number of benzene rings is 2. The molecule has 0 aliphatic rings. The second kappa shape index (κ2) is 8.90. The van der Waals surface area contributed by atoms with Crippen LogP contribution in [0.4, 0.5) is 0 Å². The summed E-state index contributed by atoms with van der Waals surface area (Å²) >= 11 is 0. The minimum Gasteiger partial charge on any atom is -0.550 e. The first-order chi connectivity index (χ1) is 13.6. The lowest BCUT2D eigenvalue weighted by molar-refractivity contribution is -0.305. The highest BCUT2D eigenvalue weighted by molar-refractivity contribution is 5.81. The van der Waals surface area contributed by atoms with Crippen LogP contribution >= 0.6 is 0 Å².